The van der Waals surface area contributed by atoms with Crippen molar-refractivity contribution in [1.82, 2.24) is 19.8 Å². The molecule has 0 saturated carbocycles. The summed E-state index contributed by atoms with van der Waals surface area (Å²) in [4.78, 5) is 30.7. The summed E-state index contributed by atoms with van der Waals surface area (Å²) < 4.78 is 25.5. The Labute approximate surface area is 280 Å². The number of aromatic nitrogens is 2. The Hall–Kier alpha value is -3.98. The predicted octanol–water partition coefficient (Wildman–Crippen LogP) is 5.14. The van der Waals surface area contributed by atoms with Crippen LogP contribution in [0.15, 0.2) is 48.8 Å². The second-order valence-corrected chi connectivity index (χ2v) is 12.7. The van der Waals surface area contributed by atoms with Crippen LogP contribution in [0.3, 0.4) is 0 Å². The number of halogens is 2. The standard InChI is InChI=1S/C33H38ClFN6O3.C2H3N/c1-22(35)32(42)39-16-14-38(15-17-39)31-26-9-12-40(29-7-3-5-23-4-2-6-27(34)30(23)29)20-28(26)36-33(37-31)44-21-25-8-13-41(25)24-10-18-43-19-11-24;1-2-3/h2-7,24-25H,1,8-21H2;1H3. The molecule has 1 atom stereocenters. The summed E-state index contributed by atoms with van der Waals surface area (Å²) in [6, 6.07) is 15.3. The zero-order valence-electron chi connectivity index (χ0n) is 26.8. The molecule has 10 nitrogen and oxygen atoms in total. The van der Waals surface area contributed by atoms with E-state index in [1.54, 1.807) is 6.07 Å². The molecule has 3 saturated heterocycles. The average molecular weight is 662 g/mol. The summed E-state index contributed by atoms with van der Waals surface area (Å²) in [6.07, 6.45) is 3.98. The number of likely N-dealkylation sites (tertiary alicyclic amines) is 1. The number of carbonyl (C=O) groups excluding carboxylic acids is 1. The van der Waals surface area contributed by atoms with Crippen LogP contribution in [0.25, 0.3) is 10.8 Å². The molecule has 3 aromatic rings. The van der Waals surface area contributed by atoms with Crippen molar-refractivity contribution in [3.8, 4) is 12.1 Å². The summed E-state index contributed by atoms with van der Waals surface area (Å²) in [5, 5.41) is 10.2. The molecule has 1 unspecified atom stereocenters. The first-order valence-electron chi connectivity index (χ1n) is 16.4. The van der Waals surface area contributed by atoms with Crippen LogP contribution in [0.5, 0.6) is 6.01 Å². The second kappa shape index (κ2) is 14.8. The molecule has 248 valence electrons. The number of fused-ring (bicyclic) bond motifs is 2. The van der Waals surface area contributed by atoms with E-state index >= 15 is 0 Å². The zero-order chi connectivity index (χ0) is 32.9. The lowest BCUT2D eigenvalue weighted by Gasteiger charge is -2.47. The van der Waals surface area contributed by atoms with Gasteiger partial charge in [0.05, 0.1) is 23.3 Å². The van der Waals surface area contributed by atoms with E-state index in [0.29, 0.717) is 57.4 Å². The average Bonchev–Trinajstić information content (AvgIpc) is 3.07. The largest absolute Gasteiger partial charge is 0.462 e. The Morgan fingerprint density at radius 1 is 1.06 bits per heavy atom. The van der Waals surface area contributed by atoms with E-state index in [1.165, 1.54) is 11.8 Å². The third-order valence-electron chi connectivity index (χ3n) is 9.55. The monoisotopic (exact) mass is 661 g/mol. The van der Waals surface area contributed by atoms with Crippen LogP contribution >= 0.6 is 11.6 Å². The fourth-order valence-corrected chi connectivity index (χ4v) is 7.34. The van der Waals surface area contributed by atoms with E-state index < -0.39 is 11.7 Å². The quantitative estimate of drug-likeness (QED) is 0.319. The number of carbonyl (C=O) groups is 1. The molecule has 4 aliphatic heterocycles. The Balaban J connectivity index is 0.00000124. The zero-order valence-corrected chi connectivity index (χ0v) is 27.6. The summed E-state index contributed by atoms with van der Waals surface area (Å²) >= 11 is 6.70. The van der Waals surface area contributed by atoms with E-state index in [1.807, 2.05) is 12.1 Å². The molecule has 12 heteroatoms. The maximum absolute atomic E-state index is 13.5. The molecule has 1 aromatic heterocycles. The molecular weight excluding hydrogens is 621 g/mol. The number of rotatable bonds is 7. The first kappa shape index (κ1) is 32.9. The number of amides is 1. The third kappa shape index (κ3) is 7.15. The summed E-state index contributed by atoms with van der Waals surface area (Å²) in [5.41, 5.74) is 3.12. The molecule has 0 radical (unpaired) electrons. The number of piperazine rings is 1. The normalized spacial score (nSPS) is 20.0. The van der Waals surface area contributed by atoms with E-state index in [0.717, 1.165) is 90.5 Å². The van der Waals surface area contributed by atoms with Gasteiger partial charge >= 0.3 is 6.01 Å². The number of hydrogen-bond donors (Lipinski definition) is 0. The van der Waals surface area contributed by atoms with Gasteiger partial charge in [0.25, 0.3) is 5.91 Å². The summed E-state index contributed by atoms with van der Waals surface area (Å²) in [7, 11) is 0. The highest BCUT2D eigenvalue weighted by molar-refractivity contribution is 6.36. The fraction of sp³-hybridized carbons (Fsp3) is 0.486. The maximum Gasteiger partial charge on any atom is 0.318 e. The highest BCUT2D eigenvalue weighted by Crippen LogP contribution is 2.37. The van der Waals surface area contributed by atoms with Gasteiger partial charge in [-0.3, -0.25) is 9.69 Å². The lowest BCUT2D eigenvalue weighted by atomic mass is 9.96. The summed E-state index contributed by atoms with van der Waals surface area (Å²) in [5.74, 6) is -0.716. The minimum atomic E-state index is -0.923. The molecule has 47 heavy (non-hydrogen) atoms. The highest BCUT2D eigenvalue weighted by Gasteiger charge is 2.36. The van der Waals surface area contributed by atoms with Gasteiger partial charge in [0.15, 0.2) is 5.83 Å². The lowest BCUT2D eigenvalue weighted by molar-refractivity contribution is -0.128. The van der Waals surface area contributed by atoms with Crippen molar-refractivity contribution < 1.29 is 18.7 Å². The third-order valence-corrected chi connectivity index (χ3v) is 9.86. The second-order valence-electron chi connectivity index (χ2n) is 12.3. The molecule has 5 heterocycles. The van der Waals surface area contributed by atoms with Crippen molar-refractivity contribution in [1.29, 1.82) is 5.26 Å². The molecular formula is C35H41ClFN7O3. The van der Waals surface area contributed by atoms with Crippen molar-refractivity contribution in [2.24, 2.45) is 0 Å². The number of nitrogens with zero attached hydrogens (tertiary/aromatic N) is 7. The van der Waals surface area contributed by atoms with Crippen LogP contribution < -0.4 is 14.5 Å². The van der Waals surface area contributed by atoms with Crippen molar-refractivity contribution in [3.63, 3.8) is 0 Å². The van der Waals surface area contributed by atoms with Gasteiger partial charge in [-0.25, -0.2) is 4.39 Å². The SMILES string of the molecule is C=C(F)C(=O)N1CCN(c2nc(OCC3CCN3C3CCOCC3)nc3c2CCN(c2cccc4cccc(Cl)c24)C3)CC1.CC#N. The predicted molar refractivity (Wildman–Crippen MR) is 181 cm³/mol. The van der Waals surface area contributed by atoms with Gasteiger partial charge in [-0.05, 0) is 43.2 Å². The molecule has 2 aromatic carbocycles. The Morgan fingerprint density at radius 3 is 2.47 bits per heavy atom. The first-order chi connectivity index (χ1) is 22.9. The Morgan fingerprint density at radius 2 is 1.79 bits per heavy atom. The number of anilines is 2. The minimum absolute atomic E-state index is 0.346. The van der Waals surface area contributed by atoms with E-state index in [9.17, 15) is 9.18 Å². The highest BCUT2D eigenvalue weighted by atomic mass is 35.5. The van der Waals surface area contributed by atoms with Crippen molar-refractivity contribution in [2.45, 2.75) is 51.2 Å². The smallest absolute Gasteiger partial charge is 0.318 e. The number of ether oxygens (including phenoxy) is 2. The van der Waals surface area contributed by atoms with E-state index in [-0.39, 0.29) is 0 Å². The number of benzene rings is 2. The maximum atomic E-state index is 13.5. The Kier molecular flexibility index (Phi) is 10.4. The molecule has 4 aliphatic rings. The molecule has 0 spiro atoms. The van der Waals surface area contributed by atoms with Crippen LogP contribution in [-0.2, 0) is 22.5 Å². The molecule has 0 N–H and O–H groups in total. The van der Waals surface area contributed by atoms with Crippen molar-refractivity contribution in [2.75, 3.05) is 68.9 Å². The Bertz CT molecular complexity index is 1650. The van der Waals surface area contributed by atoms with Crippen LogP contribution in [-0.4, -0.2) is 96.8 Å². The molecule has 0 aliphatic carbocycles. The molecule has 7 rings (SSSR count). The lowest BCUT2D eigenvalue weighted by Crippen LogP contribution is -2.57. The topological polar surface area (TPSA) is 98.1 Å². The van der Waals surface area contributed by atoms with Gasteiger partial charge in [0, 0.05) is 88.1 Å². The van der Waals surface area contributed by atoms with Gasteiger partial charge in [-0.15, -0.1) is 0 Å². The fourth-order valence-electron chi connectivity index (χ4n) is 7.06. The number of nitriles is 1. The molecule has 0 bridgehead atoms. The number of hydrogen-bond acceptors (Lipinski definition) is 9. The van der Waals surface area contributed by atoms with Crippen LogP contribution in [0.2, 0.25) is 5.02 Å². The molecule has 3 fully saturated rings. The van der Waals surface area contributed by atoms with Gasteiger partial charge in [0.1, 0.15) is 12.4 Å². The van der Waals surface area contributed by atoms with Crippen molar-refractivity contribution >= 4 is 39.8 Å². The van der Waals surface area contributed by atoms with Crippen LogP contribution in [0, 0.1) is 11.3 Å². The molecule has 1 amide bonds. The van der Waals surface area contributed by atoms with E-state index in [2.05, 4.69) is 45.5 Å². The van der Waals surface area contributed by atoms with Crippen molar-refractivity contribution in [3.05, 3.63) is 65.1 Å². The van der Waals surface area contributed by atoms with E-state index in [4.69, 9.17) is 36.3 Å². The van der Waals surface area contributed by atoms with Gasteiger partial charge in [-0.1, -0.05) is 42.4 Å². The van der Waals surface area contributed by atoms with Gasteiger partial charge in [0.2, 0.25) is 0 Å². The summed E-state index contributed by atoms with van der Waals surface area (Å²) in [6.45, 7) is 11.2. The minimum Gasteiger partial charge on any atom is -0.462 e. The van der Waals surface area contributed by atoms with Crippen LogP contribution in [0.1, 0.15) is 37.4 Å². The van der Waals surface area contributed by atoms with Gasteiger partial charge < -0.3 is 24.2 Å². The van der Waals surface area contributed by atoms with Crippen LogP contribution in [0.4, 0.5) is 15.9 Å². The first-order valence-corrected chi connectivity index (χ1v) is 16.7. The van der Waals surface area contributed by atoms with Gasteiger partial charge in [-0.2, -0.15) is 15.2 Å².